The lowest BCUT2D eigenvalue weighted by atomic mass is 10.4. The predicted molar refractivity (Wildman–Crippen MR) is 64.0 cm³/mol. The van der Waals surface area contributed by atoms with Crippen molar-refractivity contribution in [2.24, 2.45) is 0 Å². The molecule has 0 aromatic carbocycles. The lowest BCUT2D eigenvalue weighted by molar-refractivity contribution is -0.152. The summed E-state index contributed by atoms with van der Waals surface area (Å²) in [5.41, 5.74) is 0. The van der Waals surface area contributed by atoms with Crippen molar-refractivity contribution in [2.75, 3.05) is 33.5 Å². The molecule has 104 valence electrons. The Labute approximate surface area is 107 Å². The molecule has 0 radical (unpaired) electrons. The van der Waals surface area contributed by atoms with Gasteiger partial charge in [-0.25, -0.2) is 4.79 Å². The van der Waals surface area contributed by atoms with Gasteiger partial charge in [0, 0.05) is 13.2 Å². The van der Waals surface area contributed by atoms with Gasteiger partial charge in [-0.1, -0.05) is 6.58 Å². The van der Waals surface area contributed by atoms with Crippen LogP contribution in [0.1, 0.15) is 13.3 Å². The molecule has 0 rings (SSSR count). The van der Waals surface area contributed by atoms with Crippen LogP contribution < -0.4 is 0 Å². The number of rotatable bonds is 10. The van der Waals surface area contributed by atoms with Gasteiger partial charge in [0.15, 0.2) is 0 Å². The smallest absolute Gasteiger partial charge is 0.330 e. The maximum absolute atomic E-state index is 11.3. The number of carbonyl (C=O) groups excluding carboxylic acids is 2. The SMILES string of the molecule is C=CC(=O)OCCOCCC(=O)OC(C)COC. The van der Waals surface area contributed by atoms with Crippen molar-refractivity contribution in [1.29, 1.82) is 0 Å². The average Bonchev–Trinajstić information content (AvgIpc) is 2.33. The Hall–Kier alpha value is -1.40. The fraction of sp³-hybridized carbons (Fsp3) is 0.667. The van der Waals surface area contributed by atoms with E-state index in [1.807, 2.05) is 0 Å². The van der Waals surface area contributed by atoms with Crippen LogP contribution in [0.5, 0.6) is 0 Å². The molecule has 0 saturated heterocycles. The molecular formula is C12H20O6. The van der Waals surface area contributed by atoms with Gasteiger partial charge < -0.3 is 18.9 Å². The molecule has 1 unspecified atom stereocenters. The van der Waals surface area contributed by atoms with Crippen LogP contribution in [0.4, 0.5) is 0 Å². The van der Waals surface area contributed by atoms with E-state index in [-0.39, 0.29) is 38.3 Å². The molecule has 0 bridgehead atoms. The van der Waals surface area contributed by atoms with E-state index >= 15 is 0 Å². The van der Waals surface area contributed by atoms with Crippen molar-refractivity contribution < 1.29 is 28.5 Å². The van der Waals surface area contributed by atoms with Gasteiger partial charge in [0.25, 0.3) is 0 Å². The zero-order valence-electron chi connectivity index (χ0n) is 10.8. The second kappa shape index (κ2) is 10.7. The summed E-state index contributed by atoms with van der Waals surface area (Å²) in [7, 11) is 1.54. The van der Waals surface area contributed by atoms with Crippen molar-refractivity contribution in [1.82, 2.24) is 0 Å². The standard InChI is InChI=1S/C12H20O6/c1-4-11(13)17-8-7-16-6-5-12(14)18-10(2)9-15-3/h4,10H,1,5-9H2,2-3H3. The van der Waals surface area contributed by atoms with Gasteiger partial charge in [-0.2, -0.15) is 0 Å². The Bertz CT molecular complexity index is 263. The fourth-order valence-corrected chi connectivity index (χ4v) is 1.07. The monoisotopic (exact) mass is 260 g/mol. The van der Waals surface area contributed by atoms with Crippen LogP contribution in [0.2, 0.25) is 0 Å². The summed E-state index contributed by atoms with van der Waals surface area (Å²) in [6.07, 6.45) is 0.967. The minimum Gasteiger partial charge on any atom is -0.460 e. The van der Waals surface area contributed by atoms with Gasteiger partial charge in [0.05, 0.1) is 26.2 Å². The van der Waals surface area contributed by atoms with E-state index in [9.17, 15) is 9.59 Å². The summed E-state index contributed by atoms with van der Waals surface area (Å²) >= 11 is 0. The van der Waals surface area contributed by atoms with Crippen LogP contribution in [0, 0.1) is 0 Å². The number of methoxy groups -OCH3 is 1. The molecule has 0 amide bonds. The molecule has 0 aromatic heterocycles. The molecule has 18 heavy (non-hydrogen) atoms. The predicted octanol–water partition coefficient (Wildman–Crippen LogP) is 0.700. The number of carbonyl (C=O) groups is 2. The van der Waals surface area contributed by atoms with E-state index in [4.69, 9.17) is 14.2 Å². The summed E-state index contributed by atoms with van der Waals surface area (Å²) < 4.78 is 19.6. The first-order valence-electron chi connectivity index (χ1n) is 5.65. The minimum absolute atomic E-state index is 0.139. The molecule has 0 aromatic rings. The van der Waals surface area contributed by atoms with E-state index in [1.54, 1.807) is 6.92 Å². The molecule has 6 heteroatoms. The quantitative estimate of drug-likeness (QED) is 0.327. The van der Waals surface area contributed by atoms with Crippen molar-refractivity contribution in [3.8, 4) is 0 Å². The Morgan fingerprint density at radius 2 is 2.00 bits per heavy atom. The van der Waals surface area contributed by atoms with Gasteiger partial charge in [0.2, 0.25) is 0 Å². The van der Waals surface area contributed by atoms with Crippen LogP contribution in [0.15, 0.2) is 12.7 Å². The normalized spacial score (nSPS) is 11.7. The van der Waals surface area contributed by atoms with Crippen molar-refractivity contribution in [3.63, 3.8) is 0 Å². The molecule has 0 aliphatic heterocycles. The van der Waals surface area contributed by atoms with Gasteiger partial charge in [0.1, 0.15) is 12.7 Å². The Balaban J connectivity index is 3.40. The van der Waals surface area contributed by atoms with E-state index in [1.165, 1.54) is 7.11 Å². The number of hydrogen-bond acceptors (Lipinski definition) is 6. The summed E-state index contributed by atoms with van der Waals surface area (Å²) in [6, 6.07) is 0. The van der Waals surface area contributed by atoms with E-state index in [0.29, 0.717) is 6.61 Å². The third kappa shape index (κ3) is 9.80. The third-order valence-electron chi connectivity index (χ3n) is 1.82. The van der Waals surface area contributed by atoms with Crippen molar-refractivity contribution in [3.05, 3.63) is 12.7 Å². The summed E-state index contributed by atoms with van der Waals surface area (Å²) in [5, 5.41) is 0. The van der Waals surface area contributed by atoms with Gasteiger partial charge in [-0.15, -0.1) is 0 Å². The van der Waals surface area contributed by atoms with Crippen molar-refractivity contribution >= 4 is 11.9 Å². The molecule has 1 atom stereocenters. The Kier molecular flexibility index (Phi) is 9.90. The molecule has 0 fully saturated rings. The van der Waals surface area contributed by atoms with Crippen LogP contribution >= 0.6 is 0 Å². The van der Waals surface area contributed by atoms with E-state index in [2.05, 4.69) is 11.3 Å². The maximum Gasteiger partial charge on any atom is 0.330 e. The van der Waals surface area contributed by atoms with Crippen LogP contribution in [-0.2, 0) is 28.5 Å². The number of ether oxygens (including phenoxy) is 4. The molecular weight excluding hydrogens is 240 g/mol. The first-order valence-corrected chi connectivity index (χ1v) is 5.65. The van der Waals surface area contributed by atoms with Crippen molar-refractivity contribution in [2.45, 2.75) is 19.4 Å². The van der Waals surface area contributed by atoms with E-state index in [0.717, 1.165) is 6.08 Å². The lowest BCUT2D eigenvalue weighted by Crippen LogP contribution is -2.20. The second-order valence-electron chi connectivity index (χ2n) is 3.49. The Morgan fingerprint density at radius 3 is 2.61 bits per heavy atom. The van der Waals surface area contributed by atoms with Gasteiger partial charge in [-0.3, -0.25) is 4.79 Å². The molecule has 0 heterocycles. The van der Waals surface area contributed by atoms with Crippen LogP contribution in [-0.4, -0.2) is 51.6 Å². The number of hydrogen-bond donors (Lipinski definition) is 0. The van der Waals surface area contributed by atoms with Crippen LogP contribution in [0.3, 0.4) is 0 Å². The highest BCUT2D eigenvalue weighted by atomic mass is 16.6. The minimum atomic E-state index is -0.494. The summed E-state index contributed by atoms with van der Waals surface area (Å²) in [5.74, 6) is -0.839. The first kappa shape index (κ1) is 16.6. The topological polar surface area (TPSA) is 71.1 Å². The second-order valence-corrected chi connectivity index (χ2v) is 3.49. The lowest BCUT2D eigenvalue weighted by Gasteiger charge is -2.11. The highest BCUT2D eigenvalue weighted by Crippen LogP contribution is 1.96. The van der Waals surface area contributed by atoms with Crippen LogP contribution in [0.25, 0.3) is 0 Å². The summed E-state index contributed by atoms with van der Waals surface area (Å²) in [6.45, 7) is 5.97. The van der Waals surface area contributed by atoms with Gasteiger partial charge >= 0.3 is 11.9 Å². The zero-order chi connectivity index (χ0) is 13.8. The largest absolute Gasteiger partial charge is 0.460 e. The fourth-order valence-electron chi connectivity index (χ4n) is 1.07. The highest BCUT2D eigenvalue weighted by Gasteiger charge is 2.08. The molecule has 0 N–H and O–H groups in total. The van der Waals surface area contributed by atoms with Gasteiger partial charge in [-0.05, 0) is 6.92 Å². The average molecular weight is 260 g/mol. The maximum atomic E-state index is 11.3. The third-order valence-corrected chi connectivity index (χ3v) is 1.82. The summed E-state index contributed by atoms with van der Waals surface area (Å²) in [4.78, 5) is 21.9. The first-order chi connectivity index (χ1) is 8.60. The zero-order valence-corrected chi connectivity index (χ0v) is 10.8. The Morgan fingerprint density at radius 1 is 1.28 bits per heavy atom. The van der Waals surface area contributed by atoms with E-state index < -0.39 is 5.97 Å². The highest BCUT2D eigenvalue weighted by molar-refractivity contribution is 5.81. The molecule has 0 spiro atoms. The molecule has 0 aliphatic rings. The molecule has 0 saturated carbocycles. The number of esters is 2. The molecule has 6 nitrogen and oxygen atoms in total. The molecule has 0 aliphatic carbocycles.